The van der Waals surface area contributed by atoms with Gasteiger partial charge in [0.1, 0.15) is 0 Å². The van der Waals surface area contributed by atoms with Crippen molar-refractivity contribution in [1.29, 1.82) is 0 Å². The number of hydrogen-bond acceptors (Lipinski definition) is 3. The first-order chi connectivity index (χ1) is 12.1. The van der Waals surface area contributed by atoms with Gasteiger partial charge in [-0.3, -0.25) is 4.79 Å². The van der Waals surface area contributed by atoms with Gasteiger partial charge in [0.2, 0.25) is 0 Å². The second kappa shape index (κ2) is 6.83. The number of fused-ring (bicyclic) bond motifs is 1. The van der Waals surface area contributed by atoms with Gasteiger partial charge in [0.05, 0.1) is 16.7 Å². The predicted octanol–water partition coefficient (Wildman–Crippen LogP) is 3.54. The van der Waals surface area contributed by atoms with Gasteiger partial charge >= 0.3 is 7.12 Å². The zero-order chi connectivity index (χ0) is 17.4. The summed E-state index contributed by atoms with van der Waals surface area (Å²) in [7, 11) is -0.933. The topological polar surface area (TPSA) is 58.6 Å². The maximum absolute atomic E-state index is 12.4. The largest absolute Gasteiger partial charge is 0.492 e. The second-order valence-corrected chi connectivity index (χ2v) is 7.14. The summed E-state index contributed by atoms with van der Waals surface area (Å²) in [5.41, 5.74) is 2.83. The van der Waals surface area contributed by atoms with E-state index in [4.69, 9.17) is 16.3 Å². The Morgan fingerprint density at radius 2 is 1.96 bits per heavy atom. The van der Waals surface area contributed by atoms with Crippen LogP contribution in [0.1, 0.15) is 47.7 Å². The molecule has 4 nitrogen and oxygen atoms in total. The average molecular weight is 356 g/mol. The van der Waals surface area contributed by atoms with Crippen molar-refractivity contribution in [2.45, 2.75) is 31.8 Å². The highest BCUT2D eigenvalue weighted by Crippen LogP contribution is 2.40. The number of benzene rings is 2. The van der Waals surface area contributed by atoms with Gasteiger partial charge in [-0.2, -0.15) is 0 Å². The van der Waals surface area contributed by atoms with Gasteiger partial charge in [-0.1, -0.05) is 42.6 Å². The summed E-state index contributed by atoms with van der Waals surface area (Å²) in [5.74, 6) is 0.200. The van der Waals surface area contributed by atoms with E-state index in [1.54, 1.807) is 30.3 Å². The van der Waals surface area contributed by atoms with Crippen molar-refractivity contribution < 1.29 is 14.5 Å². The minimum Gasteiger partial charge on any atom is -0.423 e. The molecule has 1 fully saturated rings. The van der Waals surface area contributed by atoms with Crippen LogP contribution in [-0.4, -0.2) is 18.0 Å². The van der Waals surface area contributed by atoms with Crippen molar-refractivity contribution in [2.75, 3.05) is 5.32 Å². The number of rotatable bonds is 3. The molecular weight excluding hydrogens is 336 g/mol. The fraction of sp³-hybridized carbons (Fsp3) is 0.316. The fourth-order valence-corrected chi connectivity index (χ4v) is 4.10. The first kappa shape index (κ1) is 16.6. The molecule has 25 heavy (non-hydrogen) atoms. The molecule has 0 saturated heterocycles. The van der Waals surface area contributed by atoms with E-state index in [2.05, 4.69) is 5.32 Å². The van der Waals surface area contributed by atoms with Gasteiger partial charge in [0.15, 0.2) is 0 Å². The summed E-state index contributed by atoms with van der Waals surface area (Å²) in [4.78, 5) is 12.4. The Bertz CT molecular complexity index is 807. The minimum atomic E-state index is -0.933. The van der Waals surface area contributed by atoms with E-state index in [0.717, 1.165) is 23.9 Å². The summed E-state index contributed by atoms with van der Waals surface area (Å²) >= 11 is 6.07. The molecule has 2 N–H and O–H groups in total. The van der Waals surface area contributed by atoms with Gasteiger partial charge < -0.3 is 15.0 Å². The third kappa shape index (κ3) is 3.20. The van der Waals surface area contributed by atoms with Gasteiger partial charge in [0.25, 0.3) is 5.91 Å². The molecule has 2 aromatic carbocycles. The molecule has 2 aromatic rings. The van der Waals surface area contributed by atoms with E-state index in [1.165, 1.54) is 12.8 Å². The van der Waals surface area contributed by atoms with E-state index < -0.39 is 7.12 Å². The molecule has 1 aliphatic carbocycles. The van der Waals surface area contributed by atoms with Crippen LogP contribution in [0.15, 0.2) is 42.5 Å². The highest BCUT2D eigenvalue weighted by Gasteiger charge is 2.40. The van der Waals surface area contributed by atoms with Crippen LogP contribution in [0.5, 0.6) is 0 Å². The molecule has 1 aliphatic heterocycles. The zero-order valence-electron chi connectivity index (χ0n) is 13.7. The maximum Gasteiger partial charge on any atom is 0.492 e. The molecule has 1 atom stereocenters. The Labute approximate surface area is 152 Å². The third-order valence-corrected chi connectivity index (χ3v) is 5.47. The van der Waals surface area contributed by atoms with E-state index >= 15 is 0 Å². The van der Waals surface area contributed by atoms with Crippen molar-refractivity contribution in [3.63, 3.8) is 0 Å². The van der Waals surface area contributed by atoms with Crippen LogP contribution < -0.4 is 10.8 Å². The average Bonchev–Trinajstić information content (AvgIpc) is 3.24. The third-order valence-electron chi connectivity index (χ3n) is 5.14. The number of halogens is 1. The van der Waals surface area contributed by atoms with Crippen LogP contribution in [0.2, 0.25) is 5.02 Å². The molecule has 1 unspecified atom stereocenters. The van der Waals surface area contributed by atoms with Crippen LogP contribution in [0, 0.1) is 5.92 Å². The highest BCUT2D eigenvalue weighted by atomic mass is 35.5. The van der Waals surface area contributed by atoms with Crippen LogP contribution in [0.3, 0.4) is 0 Å². The summed E-state index contributed by atoms with van der Waals surface area (Å²) in [6, 6.07) is 12.5. The lowest BCUT2D eigenvalue weighted by atomic mass is 9.78. The zero-order valence-corrected chi connectivity index (χ0v) is 14.5. The van der Waals surface area contributed by atoms with Gasteiger partial charge in [-0.15, -0.1) is 0 Å². The first-order valence-corrected chi connectivity index (χ1v) is 9.04. The van der Waals surface area contributed by atoms with Crippen LogP contribution in [0.25, 0.3) is 0 Å². The monoisotopic (exact) mass is 355 g/mol. The standard InChI is InChI=1S/C19H19BClNO3/c21-17-8-4-3-7-15(17)19(23)22-13-9-10-14-16(11-13)20(24)25-18(14)12-5-1-2-6-12/h3-4,7-12,18,24H,1-2,5-6H2,(H,22,23). The molecule has 0 bridgehead atoms. The summed E-state index contributed by atoms with van der Waals surface area (Å²) < 4.78 is 5.80. The Morgan fingerprint density at radius 1 is 1.20 bits per heavy atom. The number of nitrogens with one attached hydrogen (secondary N) is 1. The second-order valence-electron chi connectivity index (χ2n) is 6.73. The normalized spacial score (nSPS) is 19.9. The minimum absolute atomic E-state index is 0.0409. The van der Waals surface area contributed by atoms with Gasteiger partial charge in [-0.05, 0) is 54.1 Å². The number of hydrogen-bond donors (Lipinski definition) is 2. The SMILES string of the molecule is O=C(Nc1ccc2c(c1)B(O)OC2C1CCCC1)c1ccccc1Cl. The lowest BCUT2D eigenvalue weighted by molar-refractivity contribution is 0.102. The number of carbonyl (C=O) groups is 1. The molecule has 6 heteroatoms. The first-order valence-electron chi connectivity index (χ1n) is 8.67. The van der Waals surface area contributed by atoms with Crippen molar-refractivity contribution in [1.82, 2.24) is 0 Å². The number of amides is 1. The van der Waals surface area contributed by atoms with Crippen molar-refractivity contribution in [2.24, 2.45) is 5.92 Å². The predicted molar refractivity (Wildman–Crippen MR) is 99.2 cm³/mol. The molecule has 2 aliphatic rings. The molecule has 128 valence electrons. The van der Waals surface area contributed by atoms with Crippen LogP contribution in [-0.2, 0) is 4.65 Å². The Balaban J connectivity index is 1.56. The fourth-order valence-electron chi connectivity index (χ4n) is 3.88. The Kier molecular flexibility index (Phi) is 4.55. The van der Waals surface area contributed by atoms with Crippen molar-refractivity contribution in [3.05, 3.63) is 58.6 Å². The van der Waals surface area contributed by atoms with E-state index in [-0.39, 0.29) is 12.0 Å². The molecule has 0 aromatic heterocycles. The van der Waals surface area contributed by atoms with Crippen molar-refractivity contribution >= 4 is 35.8 Å². The Morgan fingerprint density at radius 3 is 2.72 bits per heavy atom. The van der Waals surface area contributed by atoms with E-state index in [9.17, 15) is 9.82 Å². The van der Waals surface area contributed by atoms with Crippen molar-refractivity contribution in [3.8, 4) is 0 Å². The molecular formula is C19H19BClNO3. The highest BCUT2D eigenvalue weighted by molar-refractivity contribution is 6.62. The van der Waals surface area contributed by atoms with E-state index in [1.807, 2.05) is 12.1 Å². The summed E-state index contributed by atoms with van der Waals surface area (Å²) in [6.07, 6.45) is 4.69. The molecule has 0 radical (unpaired) electrons. The smallest absolute Gasteiger partial charge is 0.423 e. The van der Waals surface area contributed by atoms with E-state index in [0.29, 0.717) is 22.2 Å². The Hall–Kier alpha value is -1.82. The maximum atomic E-state index is 12.4. The number of carbonyl (C=O) groups excluding carboxylic acids is 1. The number of anilines is 1. The van der Waals surface area contributed by atoms with Crippen LogP contribution >= 0.6 is 11.6 Å². The quantitative estimate of drug-likeness (QED) is 0.828. The molecule has 0 spiro atoms. The molecule has 4 rings (SSSR count). The van der Waals surface area contributed by atoms with Crippen LogP contribution in [0.4, 0.5) is 5.69 Å². The van der Waals surface area contributed by atoms with Gasteiger partial charge in [0, 0.05) is 5.69 Å². The lowest BCUT2D eigenvalue weighted by Crippen LogP contribution is -2.28. The van der Waals surface area contributed by atoms with Gasteiger partial charge in [-0.25, -0.2) is 0 Å². The summed E-state index contributed by atoms with van der Waals surface area (Å²) in [5, 5.41) is 13.5. The molecule has 1 saturated carbocycles. The summed E-state index contributed by atoms with van der Waals surface area (Å²) in [6.45, 7) is 0. The molecule has 1 amide bonds. The molecule has 1 heterocycles. The lowest BCUT2D eigenvalue weighted by Gasteiger charge is -2.19.